The zero-order valence-corrected chi connectivity index (χ0v) is 22.3. The van der Waals surface area contributed by atoms with Gasteiger partial charge in [-0.1, -0.05) is 12.1 Å². The molecule has 0 saturated heterocycles. The van der Waals surface area contributed by atoms with Gasteiger partial charge >= 0.3 is 5.97 Å². The Hall–Kier alpha value is -3.17. The third-order valence-electron chi connectivity index (χ3n) is 6.28. The number of hydrogen-bond donors (Lipinski definition) is 1. The Bertz CT molecular complexity index is 1210. The van der Waals surface area contributed by atoms with E-state index in [0.717, 1.165) is 27.3 Å². The van der Waals surface area contributed by atoms with Crippen LogP contribution in [0.4, 0.5) is 11.4 Å². The summed E-state index contributed by atoms with van der Waals surface area (Å²) < 4.78 is 22.1. The number of carbonyl (C=O) groups excluding carboxylic acids is 2. The van der Waals surface area contributed by atoms with Crippen LogP contribution in [0.1, 0.15) is 32.8 Å². The Morgan fingerprint density at radius 2 is 1.94 bits per heavy atom. The Morgan fingerprint density at radius 1 is 1.19 bits per heavy atom. The van der Waals surface area contributed by atoms with E-state index in [4.69, 9.17) is 18.9 Å². The molecule has 2 aromatic carbocycles. The second-order valence-electron chi connectivity index (χ2n) is 9.28. The molecule has 1 atom stereocenters. The topological polar surface area (TPSA) is 86.3 Å². The van der Waals surface area contributed by atoms with E-state index >= 15 is 0 Å². The Balaban J connectivity index is 1.77. The first-order valence-corrected chi connectivity index (χ1v) is 12.6. The van der Waals surface area contributed by atoms with E-state index in [0.29, 0.717) is 23.6 Å². The van der Waals surface area contributed by atoms with Crippen LogP contribution < -0.4 is 19.7 Å². The Labute approximate surface area is 215 Å². The maximum atomic E-state index is 13.2. The van der Waals surface area contributed by atoms with Crippen LogP contribution in [0.2, 0.25) is 0 Å². The Morgan fingerprint density at radius 3 is 2.61 bits per heavy atom. The zero-order chi connectivity index (χ0) is 26.0. The first kappa shape index (κ1) is 25.9. The van der Waals surface area contributed by atoms with Crippen molar-refractivity contribution in [1.29, 1.82) is 0 Å². The summed E-state index contributed by atoms with van der Waals surface area (Å²) in [6.45, 7) is 5.81. The number of amides is 1. The molecule has 9 heteroatoms. The molecule has 0 radical (unpaired) electrons. The number of benzene rings is 2. The maximum absolute atomic E-state index is 13.2. The Kier molecular flexibility index (Phi) is 7.51. The second kappa shape index (κ2) is 10.4. The molecule has 1 unspecified atom stereocenters. The molecule has 0 fully saturated rings. The molecule has 1 amide bonds. The largest absolute Gasteiger partial charge is 0.496 e. The summed E-state index contributed by atoms with van der Waals surface area (Å²) in [5, 5.41) is 3.08. The molecule has 4 rings (SSSR count). The SMILES string of the molecule is COCOc1ccc(-c2ccc3c(c2COC(=O)C2CC=C(C)S2)N(C)C(=O)C(C)(C)N3)c(OC)c1. The van der Waals surface area contributed by atoms with E-state index in [1.807, 2.05) is 51.1 Å². The van der Waals surface area contributed by atoms with E-state index < -0.39 is 5.54 Å². The number of nitrogens with one attached hydrogen (secondary N) is 1. The normalized spacial score (nSPS) is 18.3. The number of nitrogens with zero attached hydrogens (tertiary/aromatic N) is 1. The quantitative estimate of drug-likeness (QED) is 0.392. The number of allylic oxidation sites excluding steroid dienone is 2. The lowest BCUT2D eigenvalue weighted by atomic mass is 9.91. The molecule has 2 aromatic rings. The standard InChI is InChI=1S/C27H32N2O6S/c1-16-7-12-23(36-16)25(30)34-14-20-18(19-9-8-17(35-15-32-5)13-22(19)33-6)10-11-21-24(20)29(4)26(31)27(2,3)28-21/h7-11,13,23,28H,12,14-15H2,1-6H3. The molecule has 2 aliphatic rings. The second-order valence-corrected chi connectivity index (χ2v) is 10.7. The van der Waals surface area contributed by atoms with Gasteiger partial charge in [0.1, 0.15) is 28.9 Å². The highest BCUT2D eigenvalue weighted by Gasteiger charge is 2.39. The van der Waals surface area contributed by atoms with E-state index in [1.54, 1.807) is 32.2 Å². The highest BCUT2D eigenvalue weighted by Crippen LogP contribution is 2.45. The predicted octanol–water partition coefficient (Wildman–Crippen LogP) is 4.96. The van der Waals surface area contributed by atoms with Gasteiger partial charge in [0.2, 0.25) is 0 Å². The first-order chi connectivity index (χ1) is 17.2. The minimum Gasteiger partial charge on any atom is -0.496 e. The summed E-state index contributed by atoms with van der Waals surface area (Å²) >= 11 is 1.52. The molecular formula is C27H32N2O6S. The number of esters is 1. The van der Waals surface area contributed by atoms with Gasteiger partial charge in [-0.2, -0.15) is 0 Å². The summed E-state index contributed by atoms with van der Waals surface area (Å²) in [6, 6.07) is 9.39. The van der Waals surface area contributed by atoms with Crippen LogP contribution in [0.15, 0.2) is 41.3 Å². The molecule has 1 N–H and O–H groups in total. The number of carbonyl (C=O) groups is 2. The number of thioether (sulfide) groups is 1. The van der Waals surface area contributed by atoms with Crippen LogP contribution in [-0.4, -0.2) is 50.7 Å². The van der Waals surface area contributed by atoms with E-state index in [-0.39, 0.29) is 30.5 Å². The summed E-state index contributed by atoms with van der Waals surface area (Å²) in [4.78, 5) is 28.8. The van der Waals surface area contributed by atoms with E-state index in [2.05, 4.69) is 5.32 Å². The molecule has 0 aromatic heterocycles. The van der Waals surface area contributed by atoms with Crippen molar-refractivity contribution in [1.82, 2.24) is 0 Å². The van der Waals surface area contributed by atoms with Crippen LogP contribution in [-0.2, 0) is 25.7 Å². The molecule has 0 saturated carbocycles. The van der Waals surface area contributed by atoms with Crippen molar-refractivity contribution in [3.63, 3.8) is 0 Å². The molecule has 36 heavy (non-hydrogen) atoms. The van der Waals surface area contributed by atoms with Gasteiger partial charge < -0.3 is 29.2 Å². The fourth-order valence-electron chi connectivity index (χ4n) is 4.51. The van der Waals surface area contributed by atoms with Gasteiger partial charge in [-0.05, 0) is 55.9 Å². The van der Waals surface area contributed by atoms with Crippen molar-refractivity contribution in [2.75, 3.05) is 38.3 Å². The monoisotopic (exact) mass is 512 g/mol. The fraction of sp³-hybridized carbons (Fsp3) is 0.407. The van der Waals surface area contributed by atoms with Crippen molar-refractivity contribution >= 4 is 35.0 Å². The summed E-state index contributed by atoms with van der Waals surface area (Å²) in [5.74, 6) is 0.826. The van der Waals surface area contributed by atoms with Crippen LogP contribution in [0.5, 0.6) is 11.5 Å². The lowest BCUT2D eigenvalue weighted by molar-refractivity contribution is -0.144. The highest BCUT2D eigenvalue weighted by molar-refractivity contribution is 8.04. The minimum atomic E-state index is -0.765. The molecule has 0 spiro atoms. The van der Waals surface area contributed by atoms with Crippen molar-refractivity contribution in [2.45, 2.75) is 44.6 Å². The predicted molar refractivity (Wildman–Crippen MR) is 142 cm³/mol. The van der Waals surface area contributed by atoms with Gasteiger partial charge in [0, 0.05) is 31.4 Å². The van der Waals surface area contributed by atoms with E-state index in [9.17, 15) is 9.59 Å². The van der Waals surface area contributed by atoms with Crippen molar-refractivity contribution < 1.29 is 28.5 Å². The smallest absolute Gasteiger partial charge is 0.320 e. The molecule has 0 aliphatic carbocycles. The van der Waals surface area contributed by atoms with Gasteiger partial charge in [0.15, 0.2) is 6.79 Å². The maximum Gasteiger partial charge on any atom is 0.320 e. The molecule has 2 aliphatic heterocycles. The molecule has 8 nitrogen and oxygen atoms in total. The lowest BCUT2D eigenvalue weighted by Crippen LogP contribution is -2.52. The highest BCUT2D eigenvalue weighted by atomic mass is 32.2. The molecule has 192 valence electrons. The van der Waals surface area contributed by atoms with Gasteiger partial charge in [-0.25, -0.2) is 0 Å². The van der Waals surface area contributed by atoms with Gasteiger partial charge in [0.25, 0.3) is 5.91 Å². The summed E-state index contributed by atoms with van der Waals surface area (Å²) in [5.41, 5.74) is 3.01. The van der Waals surface area contributed by atoms with Crippen LogP contribution in [0.3, 0.4) is 0 Å². The van der Waals surface area contributed by atoms with E-state index in [1.165, 1.54) is 11.8 Å². The molecular weight excluding hydrogens is 480 g/mol. The van der Waals surface area contributed by atoms with Crippen molar-refractivity contribution in [3.8, 4) is 22.6 Å². The average molecular weight is 513 g/mol. The summed E-state index contributed by atoms with van der Waals surface area (Å²) in [6.07, 6.45) is 2.70. The third kappa shape index (κ3) is 5.03. The van der Waals surface area contributed by atoms with Crippen LogP contribution in [0.25, 0.3) is 11.1 Å². The number of fused-ring (bicyclic) bond motifs is 1. The van der Waals surface area contributed by atoms with Gasteiger partial charge in [-0.15, -0.1) is 11.8 Å². The number of ether oxygens (including phenoxy) is 4. The summed E-state index contributed by atoms with van der Waals surface area (Å²) in [7, 11) is 4.89. The van der Waals surface area contributed by atoms with Crippen LogP contribution >= 0.6 is 11.8 Å². The number of hydrogen-bond acceptors (Lipinski definition) is 8. The van der Waals surface area contributed by atoms with Gasteiger partial charge in [-0.3, -0.25) is 9.59 Å². The molecule has 2 heterocycles. The average Bonchev–Trinajstić information content (AvgIpc) is 3.30. The number of likely N-dealkylation sites (N-methyl/N-ethyl adjacent to an activating group) is 1. The number of rotatable bonds is 8. The van der Waals surface area contributed by atoms with Crippen LogP contribution in [0, 0.1) is 0 Å². The van der Waals surface area contributed by atoms with Gasteiger partial charge in [0.05, 0.1) is 18.5 Å². The lowest BCUT2D eigenvalue weighted by Gasteiger charge is -2.39. The first-order valence-electron chi connectivity index (χ1n) is 11.7. The third-order valence-corrected chi connectivity index (χ3v) is 7.49. The molecule has 0 bridgehead atoms. The fourth-order valence-corrected chi connectivity index (χ4v) is 5.51. The number of methoxy groups -OCH3 is 2. The van der Waals surface area contributed by atoms with Crippen molar-refractivity contribution in [3.05, 3.63) is 46.9 Å². The zero-order valence-electron chi connectivity index (χ0n) is 21.5. The minimum absolute atomic E-state index is 0.0122. The van der Waals surface area contributed by atoms with Crippen molar-refractivity contribution in [2.24, 2.45) is 0 Å². The number of anilines is 2.